The maximum Gasteiger partial charge on any atom is 0.128 e. The number of anilines is 1. The predicted molar refractivity (Wildman–Crippen MR) is 119 cm³/mol. The van der Waals surface area contributed by atoms with Gasteiger partial charge in [0.25, 0.3) is 0 Å². The molecule has 5 nitrogen and oxygen atoms in total. The van der Waals surface area contributed by atoms with E-state index in [9.17, 15) is 5.26 Å². The van der Waals surface area contributed by atoms with Crippen LogP contribution in [0, 0.1) is 11.3 Å². The van der Waals surface area contributed by atoms with Crippen LogP contribution in [0.4, 0.5) is 11.4 Å². The Balaban J connectivity index is 1.44. The molecule has 0 unspecified atom stereocenters. The van der Waals surface area contributed by atoms with Crippen LogP contribution >= 0.6 is 0 Å². The number of ether oxygens (including phenoxy) is 2. The lowest BCUT2D eigenvalue weighted by Crippen LogP contribution is -2.36. The summed E-state index contributed by atoms with van der Waals surface area (Å²) in [4.78, 5) is 6.93. The Labute approximate surface area is 176 Å². The van der Waals surface area contributed by atoms with Gasteiger partial charge >= 0.3 is 0 Å². The van der Waals surface area contributed by atoms with Crippen molar-refractivity contribution in [2.75, 3.05) is 31.2 Å². The van der Waals surface area contributed by atoms with Gasteiger partial charge in [0.05, 0.1) is 30.5 Å². The summed E-state index contributed by atoms with van der Waals surface area (Å²) in [5.41, 5.74) is 4.47. The molecule has 5 heteroatoms. The van der Waals surface area contributed by atoms with Crippen LogP contribution in [0.3, 0.4) is 0 Å². The van der Waals surface area contributed by atoms with Crippen LogP contribution in [0.1, 0.15) is 16.7 Å². The van der Waals surface area contributed by atoms with Crippen molar-refractivity contribution in [3.63, 3.8) is 0 Å². The van der Waals surface area contributed by atoms with E-state index in [0.717, 1.165) is 48.9 Å². The summed E-state index contributed by atoms with van der Waals surface area (Å²) in [7, 11) is 0. The average Bonchev–Trinajstić information content (AvgIpc) is 2.83. The summed E-state index contributed by atoms with van der Waals surface area (Å²) in [6, 6.07) is 25.7. The van der Waals surface area contributed by atoms with E-state index in [0.29, 0.717) is 12.2 Å². The molecule has 1 aliphatic heterocycles. The van der Waals surface area contributed by atoms with Crippen LogP contribution in [-0.4, -0.2) is 32.5 Å². The molecule has 4 rings (SSSR count). The molecule has 0 saturated carbocycles. The van der Waals surface area contributed by atoms with E-state index in [-0.39, 0.29) is 0 Å². The lowest BCUT2D eigenvalue weighted by molar-refractivity contribution is 0.122. The molecule has 0 aromatic heterocycles. The summed E-state index contributed by atoms with van der Waals surface area (Å²) in [6.07, 6.45) is 1.81. The number of para-hydroxylation sites is 1. The van der Waals surface area contributed by atoms with Gasteiger partial charge in [-0.15, -0.1) is 0 Å². The van der Waals surface area contributed by atoms with E-state index >= 15 is 0 Å². The average molecular weight is 397 g/mol. The van der Waals surface area contributed by atoms with E-state index in [1.54, 1.807) is 6.07 Å². The van der Waals surface area contributed by atoms with E-state index in [2.05, 4.69) is 28.1 Å². The Hall–Kier alpha value is -3.62. The Morgan fingerprint density at radius 1 is 0.967 bits per heavy atom. The lowest BCUT2D eigenvalue weighted by atomic mass is 10.1. The zero-order chi connectivity index (χ0) is 20.6. The van der Waals surface area contributed by atoms with Crippen molar-refractivity contribution < 1.29 is 9.47 Å². The monoisotopic (exact) mass is 397 g/mol. The third kappa shape index (κ3) is 4.86. The first kappa shape index (κ1) is 19.7. The maximum atomic E-state index is 9.25. The summed E-state index contributed by atoms with van der Waals surface area (Å²) in [6.45, 7) is 3.72. The Morgan fingerprint density at radius 2 is 1.70 bits per heavy atom. The van der Waals surface area contributed by atoms with Gasteiger partial charge in [0.15, 0.2) is 0 Å². The van der Waals surface area contributed by atoms with Crippen molar-refractivity contribution in [2.24, 2.45) is 4.99 Å². The number of benzene rings is 3. The highest BCUT2D eigenvalue weighted by atomic mass is 16.5. The normalized spacial score (nSPS) is 13.9. The lowest BCUT2D eigenvalue weighted by Gasteiger charge is -2.28. The molecule has 3 aromatic carbocycles. The first-order valence-electron chi connectivity index (χ1n) is 10.00. The van der Waals surface area contributed by atoms with Crippen LogP contribution in [0.15, 0.2) is 77.8 Å². The Bertz CT molecular complexity index is 1050. The number of hydrogen-bond donors (Lipinski definition) is 0. The van der Waals surface area contributed by atoms with Gasteiger partial charge in [-0.1, -0.05) is 30.3 Å². The van der Waals surface area contributed by atoms with Gasteiger partial charge in [0.2, 0.25) is 0 Å². The van der Waals surface area contributed by atoms with E-state index < -0.39 is 0 Å². The summed E-state index contributed by atoms with van der Waals surface area (Å²) < 4.78 is 11.4. The predicted octanol–water partition coefficient (Wildman–Crippen LogP) is 4.72. The molecule has 0 aliphatic carbocycles. The summed E-state index contributed by atoms with van der Waals surface area (Å²) in [5.74, 6) is 0.735. The van der Waals surface area contributed by atoms with Gasteiger partial charge in [0.1, 0.15) is 12.4 Å². The van der Waals surface area contributed by atoms with Crippen molar-refractivity contribution in [3.05, 3.63) is 89.5 Å². The van der Waals surface area contributed by atoms with Crippen molar-refractivity contribution >= 4 is 17.6 Å². The fourth-order valence-electron chi connectivity index (χ4n) is 3.34. The van der Waals surface area contributed by atoms with Crippen LogP contribution in [0.5, 0.6) is 5.75 Å². The minimum atomic E-state index is 0.336. The maximum absolute atomic E-state index is 9.25. The van der Waals surface area contributed by atoms with Crippen molar-refractivity contribution in [1.29, 1.82) is 5.26 Å². The van der Waals surface area contributed by atoms with Gasteiger partial charge in [-0.25, -0.2) is 0 Å². The van der Waals surface area contributed by atoms with Crippen LogP contribution in [0.25, 0.3) is 0 Å². The standard InChI is InChI=1S/C25H23N3O2/c26-17-20-5-1-2-7-22(20)19-30-25-8-4-3-6-21(25)18-27-23-9-11-24(12-10-23)28-13-15-29-16-14-28/h1-12,18H,13-16,19H2. The molecule has 1 heterocycles. The second kappa shape index (κ2) is 9.73. The number of hydrogen-bond acceptors (Lipinski definition) is 5. The van der Waals surface area contributed by atoms with Crippen LogP contribution in [0.2, 0.25) is 0 Å². The molecule has 1 fully saturated rings. The zero-order valence-electron chi connectivity index (χ0n) is 16.7. The topological polar surface area (TPSA) is 57.8 Å². The quantitative estimate of drug-likeness (QED) is 0.565. The molecule has 0 amide bonds. The van der Waals surface area contributed by atoms with Gasteiger partial charge in [-0.2, -0.15) is 5.26 Å². The Kier molecular flexibility index (Phi) is 6.38. The second-order valence-electron chi connectivity index (χ2n) is 6.97. The van der Waals surface area contributed by atoms with Crippen molar-refractivity contribution in [3.8, 4) is 11.8 Å². The van der Waals surface area contributed by atoms with Gasteiger partial charge in [-0.3, -0.25) is 4.99 Å². The molecule has 0 N–H and O–H groups in total. The first-order valence-corrected chi connectivity index (χ1v) is 10.00. The molecule has 1 aliphatic rings. The zero-order valence-corrected chi connectivity index (χ0v) is 16.7. The van der Waals surface area contributed by atoms with Gasteiger partial charge < -0.3 is 14.4 Å². The number of rotatable bonds is 6. The fourth-order valence-corrected chi connectivity index (χ4v) is 3.34. The van der Waals surface area contributed by atoms with Gasteiger partial charge in [0, 0.05) is 36.1 Å². The van der Waals surface area contributed by atoms with Crippen LogP contribution in [-0.2, 0) is 11.3 Å². The van der Waals surface area contributed by atoms with Crippen LogP contribution < -0.4 is 9.64 Å². The molecule has 1 saturated heterocycles. The number of nitriles is 1. The minimum Gasteiger partial charge on any atom is -0.488 e. The van der Waals surface area contributed by atoms with E-state index in [1.165, 1.54) is 5.69 Å². The van der Waals surface area contributed by atoms with E-state index in [4.69, 9.17) is 9.47 Å². The molecular weight excluding hydrogens is 374 g/mol. The molecule has 3 aromatic rings. The molecule has 0 atom stereocenters. The molecule has 0 radical (unpaired) electrons. The third-order valence-corrected chi connectivity index (χ3v) is 5.02. The van der Waals surface area contributed by atoms with Gasteiger partial charge in [-0.05, 0) is 42.5 Å². The third-order valence-electron chi connectivity index (χ3n) is 5.02. The molecule has 150 valence electrons. The summed E-state index contributed by atoms with van der Waals surface area (Å²) in [5, 5.41) is 9.25. The number of aliphatic imine (C=N–C) groups is 1. The first-order chi connectivity index (χ1) is 14.8. The smallest absolute Gasteiger partial charge is 0.128 e. The Morgan fingerprint density at radius 3 is 2.50 bits per heavy atom. The molecule has 30 heavy (non-hydrogen) atoms. The van der Waals surface area contributed by atoms with Crippen molar-refractivity contribution in [1.82, 2.24) is 0 Å². The molecule has 0 spiro atoms. The minimum absolute atomic E-state index is 0.336. The van der Waals surface area contributed by atoms with Crippen molar-refractivity contribution in [2.45, 2.75) is 6.61 Å². The number of nitrogens with zero attached hydrogens (tertiary/aromatic N) is 3. The second-order valence-corrected chi connectivity index (χ2v) is 6.97. The fraction of sp³-hybridized carbons (Fsp3) is 0.200. The SMILES string of the molecule is N#Cc1ccccc1COc1ccccc1C=Nc1ccc(N2CCOCC2)cc1. The summed E-state index contributed by atoms with van der Waals surface area (Å²) >= 11 is 0. The highest BCUT2D eigenvalue weighted by molar-refractivity contribution is 5.85. The number of morpholine rings is 1. The molecular formula is C25H23N3O2. The van der Waals surface area contributed by atoms with E-state index in [1.807, 2.05) is 60.8 Å². The highest BCUT2D eigenvalue weighted by Crippen LogP contribution is 2.23. The highest BCUT2D eigenvalue weighted by Gasteiger charge is 2.10. The molecule has 0 bridgehead atoms. The largest absolute Gasteiger partial charge is 0.488 e.